The monoisotopic (exact) mass is 348 g/mol. The molecule has 3 heterocycles. The van der Waals surface area contributed by atoms with Gasteiger partial charge in [0.25, 0.3) is 0 Å². The molecule has 2 aromatic heterocycles. The third-order valence-electron chi connectivity index (χ3n) is 4.60. The molecular formula is C20H20N4O2. The summed E-state index contributed by atoms with van der Waals surface area (Å²) in [4.78, 5) is 4.30. The molecule has 132 valence electrons. The van der Waals surface area contributed by atoms with Crippen LogP contribution in [0.1, 0.15) is 35.3 Å². The second-order valence-electron chi connectivity index (χ2n) is 6.47. The quantitative estimate of drug-likeness (QED) is 0.702. The van der Waals surface area contributed by atoms with Crippen molar-refractivity contribution in [1.82, 2.24) is 20.0 Å². The van der Waals surface area contributed by atoms with Gasteiger partial charge in [0.05, 0.1) is 6.54 Å². The van der Waals surface area contributed by atoms with Crippen LogP contribution in [0.15, 0.2) is 47.2 Å². The highest BCUT2D eigenvalue weighted by molar-refractivity contribution is 5.42. The number of nitrogens with one attached hydrogen (secondary N) is 1. The van der Waals surface area contributed by atoms with Gasteiger partial charge in [-0.2, -0.15) is 0 Å². The highest BCUT2D eigenvalue weighted by Gasteiger charge is 2.35. The average Bonchev–Trinajstić information content (AvgIpc) is 3.28. The van der Waals surface area contributed by atoms with Crippen molar-refractivity contribution in [2.75, 3.05) is 13.1 Å². The summed E-state index contributed by atoms with van der Waals surface area (Å²) >= 11 is 0. The van der Waals surface area contributed by atoms with Gasteiger partial charge >= 0.3 is 0 Å². The van der Waals surface area contributed by atoms with E-state index in [1.165, 1.54) is 0 Å². The maximum absolute atomic E-state index is 10.3. The van der Waals surface area contributed by atoms with Gasteiger partial charge in [-0.05, 0) is 23.6 Å². The minimum atomic E-state index is -0.740. The highest BCUT2D eigenvalue weighted by Crippen LogP contribution is 2.25. The van der Waals surface area contributed by atoms with E-state index >= 15 is 0 Å². The lowest BCUT2D eigenvalue weighted by atomic mass is 9.88. The molecule has 3 aromatic rings. The van der Waals surface area contributed by atoms with Crippen molar-refractivity contribution in [3.05, 3.63) is 71.1 Å². The van der Waals surface area contributed by atoms with Gasteiger partial charge in [-0.25, -0.2) is 4.98 Å². The fourth-order valence-corrected chi connectivity index (χ4v) is 2.98. The van der Waals surface area contributed by atoms with Crippen LogP contribution in [0.2, 0.25) is 0 Å². The number of hydrogen-bond acceptors (Lipinski definition) is 5. The van der Waals surface area contributed by atoms with E-state index in [2.05, 4.69) is 34.2 Å². The van der Waals surface area contributed by atoms with Crippen LogP contribution >= 0.6 is 0 Å². The molecule has 0 saturated carbocycles. The van der Waals surface area contributed by atoms with Gasteiger partial charge in [0.15, 0.2) is 0 Å². The number of β-amino-alcohol motifs (C(OH)–C–C–N with tert-alkyl or cyclic N) is 1. The van der Waals surface area contributed by atoms with E-state index in [-0.39, 0.29) is 0 Å². The number of aliphatic hydroxyl groups is 1. The molecule has 0 aliphatic carbocycles. The number of aryl methyl sites for hydroxylation is 1. The summed E-state index contributed by atoms with van der Waals surface area (Å²) in [6.07, 6.45) is 4.60. The molecule has 1 aromatic carbocycles. The van der Waals surface area contributed by atoms with Crippen LogP contribution in [-0.2, 0) is 18.6 Å². The molecule has 1 aliphatic heterocycles. The number of rotatable bonds is 4. The fourth-order valence-electron chi connectivity index (χ4n) is 2.98. The lowest BCUT2D eigenvalue weighted by molar-refractivity contribution is -0.0146. The zero-order chi connectivity index (χ0) is 18.0. The Morgan fingerprint density at radius 1 is 1.27 bits per heavy atom. The van der Waals surface area contributed by atoms with Gasteiger partial charge in [0, 0.05) is 43.5 Å². The second-order valence-corrected chi connectivity index (χ2v) is 6.47. The first kappa shape index (κ1) is 16.6. The van der Waals surface area contributed by atoms with Crippen LogP contribution in [0.5, 0.6) is 0 Å². The van der Waals surface area contributed by atoms with Crippen molar-refractivity contribution < 1.29 is 9.63 Å². The molecule has 6 nitrogen and oxygen atoms in total. The van der Waals surface area contributed by atoms with Gasteiger partial charge < -0.3 is 19.5 Å². The fraction of sp³-hybridized carbons (Fsp3) is 0.300. The SMILES string of the molecule is CCc1nccn1Cc1cc(C#Cc2ccc(C3(O)CNC3)cc2)on1. The first-order chi connectivity index (χ1) is 12.7. The van der Waals surface area contributed by atoms with Crippen LogP contribution < -0.4 is 5.32 Å². The summed E-state index contributed by atoms with van der Waals surface area (Å²) in [6, 6.07) is 9.51. The lowest BCUT2D eigenvalue weighted by Gasteiger charge is -2.38. The molecule has 1 saturated heterocycles. The third-order valence-corrected chi connectivity index (χ3v) is 4.60. The summed E-state index contributed by atoms with van der Waals surface area (Å²) in [7, 11) is 0. The van der Waals surface area contributed by atoms with Crippen molar-refractivity contribution in [2.24, 2.45) is 0 Å². The van der Waals surface area contributed by atoms with E-state index in [0.29, 0.717) is 25.4 Å². The Hall–Kier alpha value is -2.88. The van der Waals surface area contributed by atoms with E-state index in [9.17, 15) is 5.11 Å². The molecule has 1 fully saturated rings. The topological polar surface area (TPSA) is 76.1 Å². The summed E-state index contributed by atoms with van der Waals surface area (Å²) in [6.45, 7) is 3.88. The van der Waals surface area contributed by atoms with Crippen molar-refractivity contribution in [1.29, 1.82) is 0 Å². The van der Waals surface area contributed by atoms with Gasteiger partial charge in [-0.1, -0.05) is 30.1 Å². The zero-order valence-electron chi connectivity index (χ0n) is 14.6. The number of benzene rings is 1. The van der Waals surface area contributed by atoms with Crippen molar-refractivity contribution in [3.8, 4) is 11.8 Å². The molecule has 0 unspecified atom stereocenters. The minimum Gasteiger partial charge on any atom is -0.382 e. The Labute approximate surface area is 151 Å². The van der Waals surface area contributed by atoms with Gasteiger partial charge in [0.2, 0.25) is 5.76 Å². The average molecular weight is 348 g/mol. The molecule has 2 N–H and O–H groups in total. The van der Waals surface area contributed by atoms with E-state index in [4.69, 9.17) is 4.52 Å². The molecule has 6 heteroatoms. The van der Waals surface area contributed by atoms with Crippen LogP contribution in [0.25, 0.3) is 0 Å². The molecule has 0 bridgehead atoms. The van der Waals surface area contributed by atoms with Crippen LogP contribution in [0.4, 0.5) is 0 Å². The van der Waals surface area contributed by atoms with Crippen molar-refractivity contribution >= 4 is 0 Å². The minimum absolute atomic E-state index is 0.532. The molecule has 0 radical (unpaired) electrons. The second kappa shape index (κ2) is 6.79. The van der Waals surface area contributed by atoms with Crippen LogP contribution in [-0.4, -0.2) is 32.9 Å². The third kappa shape index (κ3) is 3.27. The standard InChI is InChI=1S/C20H20N4O2/c1-2-19-22-9-10-24(19)12-17-11-18(26-23-17)8-5-15-3-6-16(7-4-15)20(25)13-21-14-20/h3-4,6-7,9-11,21,25H,2,12-14H2,1H3. The summed E-state index contributed by atoms with van der Waals surface area (Å²) in [5.74, 6) is 7.62. The predicted molar refractivity (Wildman–Crippen MR) is 96.4 cm³/mol. The Balaban J connectivity index is 1.44. The maximum atomic E-state index is 10.3. The zero-order valence-corrected chi connectivity index (χ0v) is 14.6. The number of aromatic nitrogens is 3. The molecule has 0 spiro atoms. The largest absolute Gasteiger partial charge is 0.382 e. The first-order valence-corrected chi connectivity index (χ1v) is 8.67. The van der Waals surface area contributed by atoms with E-state index in [0.717, 1.165) is 29.1 Å². The van der Waals surface area contributed by atoms with E-state index in [1.54, 1.807) is 6.20 Å². The molecule has 26 heavy (non-hydrogen) atoms. The maximum Gasteiger partial charge on any atom is 0.210 e. The number of nitrogens with zero attached hydrogens (tertiary/aromatic N) is 3. The lowest BCUT2D eigenvalue weighted by Crippen LogP contribution is -2.56. The van der Waals surface area contributed by atoms with Crippen molar-refractivity contribution in [2.45, 2.75) is 25.5 Å². The number of imidazole rings is 1. The number of hydrogen-bond donors (Lipinski definition) is 2. The molecular weight excluding hydrogens is 328 g/mol. The Kier molecular flexibility index (Phi) is 4.33. The van der Waals surface area contributed by atoms with Gasteiger partial charge in [0.1, 0.15) is 17.1 Å². The smallest absolute Gasteiger partial charge is 0.210 e. The highest BCUT2D eigenvalue weighted by atomic mass is 16.5. The van der Waals surface area contributed by atoms with E-state index < -0.39 is 5.60 Å². The first-order valence-electron chi connectivity index (χ1n) is 8.67. The normalized spacial score (nSPS) is 15.2. The van der Waals surface area contributed by atoms with Gasteiger partial charge in [-0.15, -0.1) is 0 Å². The molecule has 0 atom stereocenters. The van der Waals surface area contributed by atoms with Crippen LogP contribution in [0, 0.1) is 11.8 Å². The summed E-state index contributed by atoms with van der Waals surface area (Å²) in [5, 5.41) is 17.5. The Morgan fingerprint density at radius 2 is 2.08 bits per heavy atom. The van der Waals surface area contributed by atoms with E-state index in [1.807, 2.05) is 41.1 Å². The van der Waals surface area contributed by atoms with Gasteiger partial charge in [-0.3, -0.25) is 0 Å². The molecule has 1 aliphatic rings. The Bertz CT molecular complexity index is 956. The summed E-state index contributed by atoms with van der Waals surface area (Å²) in [5.41, 5.74) is 1.86. The summed E-state index contributed by atoms with van der Waals surface area (Å²) < 4.78 is 7.36. The molecule has 4 rings (SSSR count). The van der Waals surface area contributed by atoms with Crippen LogP contribution in [0.3, 0.4) is 0 Å². The predicted octanol–water partition coefficient (Wildman–Crippen LogP) is 1.67. The Morgan fingerprint density at radius 3 is 2.77 bits per heavy atom. The molecule has 0 amide bonds. The van der Waals surface area contributed by atoms with Crippen molar-refractivity contribution in [3.63, 3.8) is 0 Å².